The summed E-state index contributed by atoms with van der Waals surface area (Å²) in [6.45, 7) is 23.6. The minimum Gasteiger partial charge on any atom is -0.490 e. The highest BCUT2D eigenvalue weighted by atomic mass is 16.5. The van der Waals surface area contributed by atoms with Crippen LogP contribution >= 0.6 is 0 Å². The summed E-state index contributed by atoms with van der Waals surface area (Å²) >= 11 is 0. The number of hydrogen-bond donors (Lipinski definition) is 0. The molecule has 0 radical (unpaired) electrons. The Balaban J connectivity index is 1.04. The van der Waals surface area contributed by atoms with Crippen LogP contribution in [0.15, 0.2) is 146 Å². The minimum absolute atomic E-state index is 0.0575. The van der Waals surface area contributed by atoms with Crippen molar-refractivity contribution in [3.8, 4) is 46.0 Å². The summed E-state index contributed by atoms with van der Waals surface area (Å²) in [7, 11) is 0. The van der Waals surface area contributed by atoms with E-state index in [1.807, 2.05) is 0 Å². The standard InChI is InChI=1S/C108H140N4O8/c1-9-13-21-57-85-89-61-94(106(118-82-51-35-36-52-82)97-65-109(69-113-101(89)97)73(5)77-41-25-17-26-42-77)87(59-23-15-11-3)91-63-96(108(120-84-55-39-40-56-84)99-67-111(71-115-103(91)99)75(7)79-45-29-19-30-46-79)88(60-24-16-12-4)92-64-95(107(119-83-53-37-38-54-83)100-68-112(72-116-104(92)100)76(8)80-47-31-20-32-48-80)86(58-22-14-10-2)90-62-93(85)105(117-81-49-33-34-50-81)98-66-110(70-114-102(90)98)74(6)78-43-27-18-28-44-78/h17-20,25-32,41-48,61-64,73-76,81-88H,9-16,21-24,33-40,49-60,65-72H2,1-8H3/t73-,74-,75-,76-,85-,86-,87-,88-/m0/s1. The first-order chi connectivity index (χ1) is 59.0. The van der Waals surface area contributed by atoms with Crippen LogP contribution in [-0.2, 0) is 26.2 Å². The van der Waals surface area contributed by atoms with E-state index in [1.165, 1.54) is 89.0 Å². The number of ether oxygens (including phenoxy) is 8. The molecule has 120 heavy (non-hydrogen) atoms. The van der Waals surface area contributed by atoms with Crippen molar-refractivity contribution >= 4 is 0 Å². The van der Waals surface area contributed by atoms with Crippen molar-refractivity contribution in [2.24, 2.45) is 0 Å². The van der Waals surface area contributed by atoms with Crippen molar-refractivity contribution in [3.63, 3.8) is 0 Å². The Morgan fingerprint density at radius 1 is 0.275 bits per heavy atom. The molecule has 0 saturated heterocycles. The van der Waals surface area contributed by atoms with Gasteiger partial charge in [-0.1, -0.05) is 226 Å². The van der Waals surface area contributed by atoms with Crippen molar-refractivity contribution in [1.29, 1.82) is 0 Å². The van der Waals surface area contributed by atoms with Gasteiger partial charge in [0.1, 0.15) is 72.9 Å². The number of fused-ring (bicyclic) bond motifs is 16. The normalized spacial score (nSPS) is 21.6. The lowest BCUT2D eigenvalue weighted by Crippen LogP contribution is -2.36. The van der Waals surface area contributed by atoms with Crippen LogP contribution in [0, 0.1) is 0 Å². The molecule has 0 unspecified atom stereocenters. The summed E-state index contributed by atoms with van der Waals surface area (Å²) in [4.78, 5) is 10.4. The molecule has 0 aromatic heterocycles. The highest BCUT2D eigenvalue weighted by molar-refractivity contribution is 5.70. The Bertz CT molecular complexity index is 4080. The van der Waals surface area contributed by atoms with E-state index < -0.39 is 0 Å². The van der Waals surface area contributed by atoms with E-state index in [1.54, 1.807) is 0 Å². The second kappa shape index (κ2) is 39.7. The van der Waals surface area contributed by atoms with Crippen LogP contribution in [0.25, 0.3) is 0 Å². The van der Waals surface area contributed by atoms with Gasteiger partial charge in [0.25, 0.3) is 0 Å². The third kappa shape index (κ3) is 18.2. The SMILES string of the molecule is CCCCC[C@H]1c2cc(c(OC3CCCC3)c3c2OCN([C@@H](C)c2ccccc2)C3)[C@@H](CCCCC)c2cc(c(OC3CCCC3)c3c2OCN([C@@H](C)c2ccccc2)C3)[C@@H](CCCCC)c2cc(c(OC3CCCC3)c3c2OCN([C@@H](C)c2ccccc2)C3)[C@@H](CCCCC)c2cc1c(OC1CCCC1)c1c2OCN([C@@H](C)c2ccccc2)C1. The number of hydrogen-bond acceptors (Lipinski definition) is 12. The maximum atomic E-state index is 8.21. The average Bonchev–Trinajstić information content (AvgIpc) is 0.925. The fourth-order valence-electron chi connectivity index (χ4n) is 22.2. The molecule has 4 aliphatic heterocycles. The second-order valence-electron chi connectivity index (χ2n) is 37.5. The largest absolute Gasteiger partial charge is 0.490 e. The first-order valence-electron chi connectivity index (χ1n) is 48.2. The Morgan fingerprint density at radius 2 is 0.475 bits per heavy atom. The first kappa shape index (κ1) is 84.2. The Kier molecular flexibility index (Phi) is 27.8. The first-order valence-corrected chi connectivity index (χ1v) is 48.2. The summed E-state index contributed by atoms with van der Waals surface area (Å²) in [6.07, 6.45) is 34.1. The Morgan fingerprint density at radius 3 is 0.667 bits per heavy atom. The van der Waals surface area contributed by atoms with Crippen LogP contribution < -0.4 is 37.9 Å². The van der Waals surface area contributed by atoms with Gasteiger partial charge in [-0.25, -0.2) is 0 Å². The van der Waals surface area contributed by atoms with Crippen LogP contribution in [-0.4, -0.2) is 70.9 Å². The number of benzene rings is 8. The lowest BCUT2D eigenvalue weighted by Gasteiger charge is -2.41. The number of unbranched alkanes of at least 4 members (excludes halogenated alkanes) is 8. The zero-order valence-electron chi connectivity index (χ0n) is 74.1. The van der Waals surface area contributed by atoms with Crippen molar-refractivity contribution in [2.75, 3.05) is 26.9 Å². The van der Waals surface area contributed by atoms with Gasteiger partial charge in [0.15, 0.2) is 0 Å². The van der Waals surface area contributed by atoms with Crippen LogP contribution in [0.2, 0.25) is 0 Å². The summed E-state index contributed by atoms with van der Waals surface area (Å²) in [5.74, 6) is 7.44. The molecule has 12 nitrogen and oxygen atoms in total. The van der Waals surface area contributed by atoms with E-state index in [4.69, 9.17) is 37.9 Å². The van der Waals surface area contributed by atoms with E-state index in [2.05, 4.69) is 221 Å². The van der Waals surface area contributed by atoms with Gasteiger partial charge >= 0.3 is 0 Å². The monoisotopic (exact) mass is 1620 g/mol. The van der Waals surface area contributed by atoms with Gasteiger partial charge in [0.05, 0.1) is 46.7 Å². The molecular weight excluding hydrogens is 1480 g/mol. The summed E-state index contributed by atoms with van der Waals surface area (Å²) in [6, 6.07) is 55.8. The highest BCUT2D eigenvalue weighted by Crippen LogP contribution is 2.61. The predicted molar refractivity (Wildman–Crippen MR) is 485 cm³/mol. The molecule has 4 heterocycles. The van der Waals surface area contributed by atoms with Gasteiger partial charge < -0.3 is 37.9 Å². The Labute approximate surface area is 720 Å². The molecule has 8 aromatic rings. The molecule has 4 fully saturated rings. The van der Waals surface area contributed by atoms with Gasteiger partial charge in [-0.2, -0.15) is 0 Å². The maximum Gasteiger partial charge on any atom is 0.142 e. The van der Waals surface area contributed by atoms with Gasteiger partial charge in [0.2, 0.25) is 0 Å². The second-order valence-corrected chi connectivity index (χ2v) is 37.5. The van der Waals surface area contributed by atoms with Crippen molar-refractivity contribution in [2.45, 2.75) is 359 Å². The van der Waals surface area contributed by atoms with Crippen LogP contribution in [0.3, 0.4) is 0 Å². The lowest BCUT2D eigenvalue weighted by atomic mass is 9.74. The summed E-state index contributed by atoms with van der Waals surface area (Å²) < 4.78 is 64.7. The van der Waals surface area contributed by atoms with Crippen LogP contribution in [0.1, 0.15) is 398 Å². The molecule has 8 bridgehead atoms. The quantitative estimate of drug-likeness (QED) is 0.0376. The zero-order chi connectivity index (χ0) is 82.0. The predicted octanol–water partition coefficient (Wildman–Crippen LogP) is 27.8. The molecule has 640 valence electrons. The van der Waals surface area contributed by atoms with E-state index >= 15 is 0 Å². The molecule has 0 amide bonds. The van der Waals surface area contributed by atoms with Crippen LogP contribution in [0.5, 0.6) is 46.0 Å². The van der Waals surface area contributed by atoms with Crippen molar-refractivity contribution in [3.05, 3.63) is 235 Å². The molecule has 17 rings (SSSR count). The number of nitrogens with zero attached hydrogens (tertiary/aromatic N) is 4. The maximum absolute atomic E-state index is 8.21. The van der Waals surface area contributed by atoms with Gasteiger partial charge in [-0.3, -0.25) is 19.6 Å². The van der Waals surface area contributed by atoms with E-state index in [0.717, 1.165) is 251 Å². The summed E-state index contributed by atoms with van der Waals surface area (Å²) in [5.41, 5.74) is 20.0. The van der Waals surface area contributed by atoms with E-state index in [9.17, 15) is 0 Å². The zero-order valence-corrected chi connectivity index (χ0v) is 74.1. The fourth-order valence-corrected chi connectivity index (χ4v) is 22.2. The Hall–Kier alpha value is -8.00. The van der Waals surface area contributed by atoms with Gasteiger partial charge in [-0.05, 0) is 203 Å². The summed E-state index contributed by atoms with van der Waals surface area (Å²) in [5, 5.41) is 0. The molecule has 0 N–H and O–H groups in total. The molecule has 0 spiro atoms. The highest BCUT2D eigenvalue weighted by Gasteiger charge is 2.46. The van der Waals surface area contributed by atoms with Gasteiger partial charge in [-0.15, -0.1) is 0 Å². The van der Waals surface area contributed by atoms with E-state index in [-0.39, 0.29) is 72.3 Å². The third-order valence-corrected chi connectivity index (χ3v) is 29.5. The molecule has 4 saturated carbocycles. The van der Waals surface area contributed by atoms with Crippen LogP contribution in [0.4, 0.5) is 0 Å². The topological polar surface area (TPSA) is 86.8 Å². The molecule has 12 heteroatoms. The van der Waals surface area contributed by atoms with Crippen molar-refractivity contribution < 1.29 is 37.9 Å². The van der Waals surface area contributed by atoms with E-state index in [0.29, 0.717) is 53.1 Å². The molecule has 9 aliphatic rings. The fraction of sp³-hybridized carbons (Fsp3) is 0.556. The average molecular weight is 1620 g/mol. The van der Waals surface area contributed by atoms with Gasteiger partial charge in [0, 0.05) is 119 Å². The smallest absolute Gasteiger partial charge is 0.142 e. The molecule has 8 aromatic carbocycles. The minimum atomic E-state index is -0.167. The molecular formula is C108H140N4O8. The number of rotatable bonds is 32. The molecule has 8 atom stereocenters. The van der Waals surface area contributed by atoms with Crippen molar-refractivity contribution in [1.82, 2.24) is 19.6 Å². The molecule has 5 aliphatic carbocycles. The third-order valence-electron chi connectivity index (χ3n) is 29.5. The lowest BCUT2D eigenvalue weighted by molar-refractivity contribution is 0.0562.